The van der Waals surface area contributed by atoms with Crippen molar-refractivity contribution in [2.45, 2.75) is 39.3 Å². The lowest BCUT2D eigenvalue weighted by Gasteiger charge is -2.31. The first-order valence-corrected chi connectivity index (χ1v) is 6.43. The first-order valence-electron chi connectivity index (χ1n) is 6.43. The fourth-order valence-corrected chi connectivity index (χ4v) is 2.92. The molecular formula is C15H24N2. The van der Waals surface area contributed by atoms with E-state index in [2.05, 4.69) is 57.0 Å². The van der Waals surface area contributed by atoms with Crippen LogP contribution in [0.25, 0.3) is 0 Å². The van der Waals surface area contributed by atoms with Gasteiger partial charge in [-0.15, -0.1) is 0 Å². The third-order valence-corrected chi connectivity index (χ3v) is 3.49. The lowest BCUT2D eigenvalue weighted by Crippen LogP contribution is -2.32. The molecule has 0 bridgehead atoms. The molecule has 2 N–H and O–H groups in total. The predicted octanol–water partition coefficient (Wildman–Crippen LogP) is 3.11. The first-order chi connectivity index (χ1) is 7.88. The van der Waals surface area contributed by atoms with Crippen LogP contribution >= 0.6 is 0 Å². The molecule has 0 heterocycles. The maximum Gasteiger partial charge on any atom is 0.0366 e. The molecule has 2 atom stereocenters. The Labute approximate surface area is 105 Å². The number of nitrogens with zero attached hydrogens (tertiary/aromatic N) is 1. The molecule has 2 rings (SSSR count). The summed E-state index contributed by atoms with van der Waals surface area (Å²) in [6.07, 6.45) is 1.05. The summed E-state index contributed by atoms with van der Waals surface area (Å²) >= 11 is 0. The van der Waals surface area contributed by atoms with Crippen molar-refractivity contribution >= 4 is 0 Å². The predicted molar refractivity (Wildman–Crippen MR) is 72.8 cm³/mol. The van der Waals surface area contributed by atoms with Crippen molar-refractivity contribution in [3.05, 3.63) is 35.4 Å². The Morgan fingerprint density at radius 3 is 2.41 bits per heavy atom. The van der Waals surface area contributed by atoms with Crippen LogP contribution in [0.2, 0.25) is 0 Å². The van der Waals surface area contributed by atoms with Crippen molar-refractivity contribution < 1.29 is 0 Å². The zero-order valence-electron chi connectivity index (χ0n) is 11.4. The highest BCUT2D eigenvalue weighted by atomic mass is 15.1. The second kappa shape index (κ2) is 4.43. The summed E-state index contributed by atoms with van der Waals surface area (Å²) in [6.45, 7) is 7.94. The molecule has 0 fully saturated rings. The van der Waals surface area contributed by atoms with E-state index in [-0.39, 0.29) is 6.04 Å². The number of nitrogens with two attached hydrogens (primary N) is 1. The number of benzene rings is 1. The van der Waals surface area contributed by atoms with Crippen LogP contribution in [0.1, 0.15) is 50.4 Å². The molecule has 1 aliphatic rings. The van der Waals surface area contributed by atoms with Crippen molar-refractivity contribution in [2.75, 3.05) is 13.6 Å². The Hall–Kier alpha value is -0.860. The Balaban J connectivity index is 2.20. The van der Waals surface area contributed by atoms with E-state index in [1.165, 1.54) is 11.1 Å². The van der Waals surface area contributed by atoms with Gasteiger partial charge < -0.3 is 5.73 Å². The lowest BCUT2D eigenvalue weighted by atomic mass is 9.95. The van der Waals surface area contributed by atoms with Crippen LogP contribution in [0.4, 0.5) is 0 Å². The van der Waals surface area contributed by atoms with E-state index in [9.17, 15) is 0 Å². The van der Waals surface area contributed by atoms with Gasteiger partial charge in [0.05, 0.1) is 0 Å². The van der Waals surface area contributed by atoms with Crippen LogP contribution < -0.4 is 5.73 Å². The van der Waals surface area contributed by atoms with Crippen molar-refractivity contribution in [2.24, 2.45) is 11.1 Å². The lowest BCUT2D eigenvalue weighted by molar-refractivity contribution is 0.168. The molecule has 2 unspecified atom stereocenters. The van der Waals surface area contributed by atoms with E-state index in [0.29, 0.717) is 11.5 Å². The van der Waals surface area contributed by atoms with Gasteiger partial charge in [-0.25, -0.2) is 0 Å². The molecular weight excluding hydrogens is 208 g/mol. The smallest absolute Gasteiger partial charge is 0.0366 e. The molecule has 0 saturated carbocycles. The standard InChI is InChI=1S/C15H24N2/c1-15(2,3)10-17(4)14-9-13(16)11-7-5-6-8-12(11)14/h5-8,13-14H,9-10,16H2,1-4H3. The molecule has 17 heavy (non-hydrogen) atoms. The average molecular weight is 232 g/mol. The minimum absolute atomic E-state index is 0.207. The van der Waals surface area contributed by atoms with Gasteiger partial charge in [0.25, 0.3) is 0 Å². The summed E-state index contributed by atoms with van der Waals surface area (Å²) in [5, 5.41) is 0. The highest BCUT2D eigenvalue weighted by molar-refractivity contribution is 5.37. The molecule has 1 aromatic rings. The van der Waals surface area contributed by atoms with Crippen molar-refractivity contribution in [3.63, 3.8) is 0 Å². The van der Waals surface area contributed by atoms with Gasteiger partial charge >= 0.3 is 0 Å². The maximum absolute atomic E-state index is 6.21. The summed E-state index contributed by atoms with van der Waals surface area (Å²) in [4.78, 5) is 2.45. The van der Waals surface area contributed by atoms with Gasteiger partial charge in [-0.1, -0.05) is 45.0 Å². The number of hydrogen-bond donors (Lipinski definition) is 1. The second-order valence-electron chi connectivity index (χ2n) is 6.46. The van der Waals surface area contributed by atoms with Crippen LogP contribution in [-0.4, -0.2) is 18.5 Å². The monoisotopic (exact) mass is 232 g/mol. The molecule has 0 aliphatic heterocycles. The maximum atomic E-state index is 6.21. The van der Waals surface area contributed by atoms with Gasteiger partial charge in [0.1, 0.15) is 0 Å². The van der Waals surface area contributed by atoms with Crippen LogP contribution in [0.15, 0.2) is 24.3 Å². The molecule has 2 nitrogen and oxygen atoms in total. The molecule has 94 valence electrons. The van der Waals surface area contributed by atoms with E-state index in [1.54, 1.807) is 0 Å². The molecule has 1 aromatic carbocycles. The van der Waals surface area contributed by atoms with Gasteiger partial charge in [0.15, 0.2) is 0 Å². The van der Waals surface area contributed by atoms with Crippen molar-refractivity contribution in [1.82, 2.24) is 4.90 Å². The van der Waals surface area contributed by atoms with Crippen LogP contribution in [0.3, 0.4) is 0 Å². The normalized spacial score (nSPS) is 24.1. The van der Waals surface area contributed by atoms with E-state index in [0.717, 1.165) is 13.0 Å². The quantitative estimate of drug-likeness (QED) is 0.849. The fourth-order valence-electron chi connectivity index (χ4n) is 2.92. The van der Waals surface area contributed by atoms with Crippen LogP contribution in [0.5, 0.6) is 0 Å². The summed E-state index contributed by atoms with van der Waals surface area (Å²) in [7, 11) is 2.21. The summed E-state index contributed by atoms with van der Waals surface area (Å²) in [6, 6.07) is 9.30. The van der Waals surface area contributed by atoms with Gasteiger partial charge in [0, 0.05) is 18.6 Å². The average Bonchev–Trinajstić information content (AvgIpc) is 2.55. The van der Waals surface area contributed by atoms with E-state index in [1.807, 2.05) is 0 Å². The number of hydrogen-bond acceptors (Lipinski definition) is 2. The molecule has 0 amide bonds. The Kier molecular flexibility index (Phi) is 3.28. The molecule has 0 spiro atoms. The SMILES string of the molecule is CN(CC(C)(C)C)C1CC(N)c2ccccc21. The Morgan fingerprint density at radius 1 is 1.24 bits per heavy atom. The van der Waals surface area contributed by atoms with Gasteiger partial charge in [-0.05, 0) is 30.0 Å². The zero-order valence-corrected chi connectivity index (χ0v) is 11.4. The Morgan fingerprint density at radius 2 is 1.82 bits per heavy atom. The number of fused-ring (bicyclic) bond motifs is 1. The molecule has 2 heteroatoms. The highest BCUT2D eigenvalue weighted by Crippen LogP contribution is 2.40. The van der Waals surface area contributed by atoms with E-state index >= 15 is 0 Å². The van der Waals surface area contributed by atoms with E-state index < -0.39 is 0 Å². The fraction of sp³-hybridized carbons (Fsp3) is 0.600. The molecule has 0 radical (unpaired) electrons. The number of rotatable bonds is 2. The van der Waals surface area contributed by atoms with Crippen LogP contribution in [-0.2, 0) is 0 Å². The summed E-state index contributed by atoms with van der Waals surface area (Å²) in [5.41, 5.74) is 9.30. The van der Waals surface area contributed by atoms with Crippen molar-refractivity contribution in [3.8, 4) is 0 Å². The zero-order chi connectivity index (χ0) is 12.6. The molecule has 1 aliphatic carbocycles. The largest absolute Gasteiger partial charge is 0.324 e. The summed E-state index contributed by atoms with van der Waals surface area (Å²) in [5.74, 6) is 0. The topological polar surface area (TPSA) is 29.3 Å². The van der Waals surface area contributed by atoms with Gasteiger partial charge in [0.2, 0.25) is 0 Å². The van der Waals surface area contributed by atoms with Gasteiger partial charge in [-0.3, -0.25) is 4.90 Å². The second-order valence-corrected chi connectivity index (χ2v) is 6.46. The minimum atomic E-state index is 0.207. The minimum Gasteiger partial charge on any atom is -0.324 e. The third-order valence-electron chi connectivity index (χ3n) is 3.49. The van der Waals surface area contributed by atoms with Gasteiger partial charge in [-0.2, -0.15) is 0 Å². The van der Waals surface area contributed by atoms with Crippen LogP contribution in [0, 0.1) is 5.41 Å². The molecule has 0 saturated heterocycles. The van der Waals surface area contributed by atoms with E-state index in [4.69, 9.17) is 5.73 Å². The third kappa shape index (κ3) is 2.70. The summed E-state index contributed by atoms with van der Waals surface area (Å²) < 4.78 is 0. The first kappa shape index (κ1) is 12.6. The Bertz CT molecular complexity index is 392. The highest BCUT2D eigenvalue weighted by Gasteiger charge is 2.32. The molecule has 0 aromatic heterocycles. The van der Waals surface area contributed by atoms with Crippen molar-refractivity contribution in [1.29, 1.82) is 0 Å².